The number of fused-ring (bicyclic) bond motifs is 1. The lowest BCUT2D eigenvalue weighted by atomic mass is 9.88. The van der Waals surface area contributed by atoms with E-state index in [1.165, 1.54) is 0 Å². The van der Waals surface area contributed by atoms with Crippen molar-refractivity contribution in [2.24, 2.45) is 0 Å². The van der Waals surface area contributed by atoms with Crippen LogP contribution in [0.4, 0.5) is 0 Å². The predicted octanol–water partition coefficient (Wildman–Crippen LogP) is 2.86. The van der Waals surface area contributed by atoms with Gasteiger partial charge in [-0.25, -0.2) is 0 Å². The van der Waals surface area contributed by atoms with Gasteiger partial charge in [-0.2, -0.15) is 0 Å². The summed E-state index contributed by atoms with van der Waals surface area (Å²) < 4.78 is 5.98. The lowest BCUT2D eigenvalue weighted by Crippen LogP contribution is -2.43. The van der Waals surface area contributed by atoms with Gasteiger partial charge in [0.25, 0.3) is 0 Å². The highest BCUT2D eigenvalue weighted by Crippen LogP contribution is 2.42. The topological polar surface area (TPSA) is 49.8 Å². The Balaban J connectivity index is 2.37. The molecule has 0 bridgehead atoms. The third-order valence-electron chi connectivity index (χ3n) is 3.49. The number of aliphatic carboxylic acids is 1. The molecule has 0 radical (unpaired) electrons. The van der Waals surface area contributed by atoms with Crippen molar-refractivity contribution in [3.63, 3.8) is 0 Å². The smallest absolute Gasteiger partial charge is 0.317 e. The van der Waals surface area contributed by atoms with Crippen molar-refractivity contribution in [3.8, 4) is 5.75 Å². The summed E-state index contributed by atoms with van der Waals surface area (Å²) in [5.41, 5.74) is 0.742. The molecule has 1 aromatic rings. The molecule has 0 amide bonds. The number of carboxylic acid groups (broad SMARTS) is 1. The summed E-state index contributed by atoms with van der Waals surface area (Å²) in [7, 11) is 0. The molecule has 1 aliphatic rings. The van der Waals surface area contributed by atoms with Gasteiger partial charge in [-0.3, -0.25) is 9.69 Å². The van der Waals surface area contributed by atoms with Crippen LogP contribution >= 0.6 is 0 Å². The Bertz CT molecular complexity index is 510. The molecule has 2 rings (SSSR count). The SMILES string of the molecule is C=CCN(CC(=O)O)C1CC(C)(C)Oc2ccccc21. The van der Waals surface area contributed by atoms with Crippen LogP contribution in [0.15, 0.2) is 36.9 Å². The van der Waals surface area contributed by atoms with E-state index in [0.717, 1.165) is 17.7 Å². The second-order valence-corrected chi connectivity index (χ2v) is 5.73. The lowest BCUT2D eigenvalue weighted by Gasteiger charge is -2.41. The van der Waals surface area contributed by atoms with Gasteiger partial charge in [0.1, 0.15) is 11.4 Å². The molecule has 1 atom stereocenters. The second-order valence-electron chi connectivity index (χ2n) is 5.73. The Kier molecular flexibility index (Phi) is 4.14. The van der Waals surface area contributed by atoms with Crippen molar-refractivity contribution in [2.45, 2.75) is 31.9 Å². The highest BCUT2D eigenvalue weighted by Gasteiger charge is 2.36. The number of hydrogen-bond acceptors (Lipinski definition) is 3. The van der Waals surface area contributed by atoms with Gasteiger partial charge in [0.05, 0.1) is 6.54 Å². The average Bonchev–Trinajstić information content (AvgIpc) is 2.35. The van der Waals surface area contributed by atoms with E-state index < -0.39 is 5.97 Å². The van der Waals surface area contributed by atoms with Crippen molar-refractivity contribution in [3.05, 3.63) is 42.5 Å². The lowest BCUT2D eigenvalue weighted by molar-refractivity contribution is -0.139. The number of ether oxygens (including phenoxy) is 1. The van der Waals surface area contributed by atoms with Crippen LogP contribution in [0, 0.1) is 0 Å². The first-order valence-electron chi connectivity index (χ1n) is 6.77. The van der Waals surface area contributed by atoms with Crippen LogP contribution in [0.2, 0.25) is 0 Å². The van der Waals surface area contributed by atoms with Crippen LogP contribution < -0.4 is 4.74 Å². The summed E-state index contributed by atoms with van der Waals surface area (Å²) in [5, 5.41) is 9.11. The van der Waals surface area contributed by atoms with Crippen molar-refractivity contribution < 1.29 is 14.6 Å². The van der Waals surface area contributed by atoms with Crippen molar-refractivity contribution in [1.82, 2.24) is 4.90 Å². The van der Waals surface area contributed by atoms with Crippen LogP contribution in [0.3, 0.4) is 0 Å². The fraction of sp³-hybridized carbons (Fsp3) is 0.438. The second kappa shape index (κ2) is 5.67. The zero-order chi connectivity index (χ0) is 14.8. The molecular weight excluding hydrogens is 254 g/mol. The van der Waals surface area contributed by atoms with Crippen molar-refractivity contribution >= 4 is 5.97 Å². The molecule has 1 heterocycles. The van der Waals surface area contributed by atoms with E-state index in [-0.39, 0.29) is 18.2 Å². The molecule has 0 spiro atoms. The number of rotatable bonds is 5. The van der Waals surface area contributed by atoms with Gasteiger partial charge in [-0.1, -0.05) is 24.3 Å². The van der Waals surface area contributed by atoms with Gasteiger partial charge < -0.3 is 9.84 Å². The summed E-state index contributed by atoms with van der Waals surface area (Å²) in [6.45, 7) is 8.33. The van der Waals surface area contributed by atoms with Crippen molar-refractivity contribution in [2.75, 3.05) is 13.1 Å². The molecule has 0 aromatic heterocycles. The normalized spacial score (nSPS) is 20.1. The van der Waals surface area contributed by atoms with E-state index in [4.69, 9.17) is 9.84 Å². The number of carbonyl (C=O) groups is 1. The first-order valence-corrected chi connectivity index (χ1v) is 6.77. The highest BCUT2D eigenvalue weighted by molar-refractivity contribution is 5.69. The Morgan fingerprint density at radius 3 is 2.90 bits per heavy atom. The molecule has 1 aromatic carbocycles. The highest BCUT2D eigenvalue weighted by atomic mass is 16.5. The van der Waals surface area contributed by atoms with E-state index >= 15 is 0 Å². The molecule has 0 aliphatic carbocycles. The third kappa shape index (κ3) is 3.20. The Hall–Kier alpha value is -1.81. The zero-order valence-electron chi connectivity index (χ0n) is 12.0. The average molecular weight is 275 g/mol. The number of nitrogens with zero attached hydrogens (tertiary/aromatic N) is 1. The zero-order valence-corrected chi connectivity index (χ0v) is 12.0. The molecule has 0 saturated carbocycles. The number of benzene rings is 1. The van der Waals surface area contributed by atoms with Crippen LogP contribution in [-0.4, -0.2) is 34.7 Å². The minimum absolute atomic E-state index is 0.00109. The monoisotopic (exact) mass is 275 g/mol. The Labute approximate surface area is 119 Å². The Morgan fingerprint density at radius 2 is 2.25 bits per heavy atom. The van der Waals surface area contributed by atoms with E-state index in [1.807, 2.05) is 43.0 Å². The largest absolute Gasteiger partial charge is 0.487 e. The van der Waals surface area contributed by atoms with Crippen LogP contribution in [0.25, 0.3) is 0 Å². The van der Waals surface area contributed by atoms with Gasteiger partial charge in [0.15, 0.2) is 0 Å². The maximum absolute atomic E-state index is 11.1. The first kappa shape index (κ1) is 14.6. The molecular formula is C16H21NO3. The van der Waals surface area contributed by atoms with E-state index in [1.54, 1.807) is 6.08 Å². The molecule has 20 heavy (non-hydrogen) atoms. The standard InChI is InChI=1S/C16H21NO3/c1-4-9-17(11-15(18)19)13-10-16(2,3)20-14-8-6-5-7-12(13)14/h4-8,13H,1,9-11H2,2-3H3,(H,18,19). The minimum Gasteiger partial charge on any atom is -0.487 e. The molecule has 4 heteroatoms. The fourth-order valence-electron chi connectivity index (χ4n) is 2.73. The fourth-order valence-corrected chi connectivity index (χ4v) is 2.73. The van der Waals surface area contributed by atoms with Gasteiger partial charge >= 0.3 is 5.97 Å². The molecule has 0 fully saturated rings. The van der Waals surface area contributed by atoms with Gasteiger partial charge in [0.2, 0.25) is 0 Å². The van der Waals surface area contributed by atoms with E-state index in [0.29, 0.717) is 6.54 Å². The van der Waals surface area contributed by atoms with Gasteiger partial charge in [-0.05, 0) is 19.9 Å². The molecule has 1 N–H and O–H groups in total. The molecule has 4 nitrogen and oxygen atoms in total. The Morgan fingerprint density at radius 1 is 1.55 bits per heavy atom. The molecule has 1 unspecified atom stereocenters. The van der Waals surface area contributed by atoms with Crippen LogP contribution in [0.5, 0.6) is 5.75 Å². The van der Waals surface area contributed by atoms with E-state index in [9.17, 15) is 4.79 Å². The van der Waals surface area contributed by atoms with Gasteiger partial charge in [-0.15, -0.1) is 6.58 Å². The molecule has 108 valence electrons. The van der Waals surface area contributed by atoms with Crippen molar-refractivity contribution in [1.29, 1.82) is 0 Å². The molecule has 1 aliphatic heterocycles. The molecule has 0 saturated heterocycles. The number of hydrogen-bond donors (Lipinski definition) is 1. The maximum atomic E-state index is 11.1. The van der Waals surface area contributed by atoms with Gasteiger partial charge in [0, 0.05) is 24.6 Å². The summed E-state index contributed by atoms with van der Waals surface area (Å²) in [6.07, 6.45) is 2.50. The summed E-state index contributed by atoms with van der Waals surface area (Å²) >= 11 is 0. The van der Waals surface area contributed by atoms with E-state index in [2.05, 4.69) is 6.58 Å². The van der Waals surface area contributed by atoms with Crippen LogP contribution in [0.1, 0.15) is 31.9 Å². The summed E-state index contributed by atoms with van der Waals surface area (Å²) in [4.78, 5) is 13.0. The first-order chi connectivity index (χ1) is 9.43. The number of para-hydroxylation sites is 1. The quantitative estimate of drug-likeness (QED) is 0.839. The van der Waals surface area contributed by atoms with Crippen LogP contribution in [-0.2, 0) is 4.79 Å². The maximum Gasteiger partial charge on any atom is 0.317 e. The third-order valence-corrected chi connectivity index (χ3v) is 3.49. The number of carboxylic acids is 1. The minimum atomic E-state index is -0.825. The predicted molar refractivity (Wildman–Crippen MR) is 77.9 cm³/mol. The summed E-state index contributed by atoms with van der Waals surface area (Å²) in [6, 6.07) is 7.87. The summed E-state index contributed by atoms with van der Waals surface area (Å²) in [5.74, 6) is 0.0156.